The van der Waals surface area contributed by atoms with Crippen LogP contribution in [0.15, 0.2) is 30.3 Å². The molecular formula is C13H12N2O3. The summed E-state index contributed by atoms with van der Waals surface area (Å²) in [4.78, 5) is 10.7. The molecule has 0 atom stereocenters. The fraction of sp³-hybridized carbons (Fsp3) is 0.154. The maximum Gasteiger partial charge on any atom is 0.239 e. The molecule has 92 valence electrons. The lowest BCUT2D eigenvalue weighted by Gasteiger charge is -2.09. The number of aromatic nitrogens is 2. The molecule has 0 spiro atoms. The van der Waals surface area contributed by atoms with Crippen LogP contribution < -0.4 is 9.47 Å². The summed E-state index contributed by atoms with van der Waals surface area (Å²) in [6.07, 6.45) is 0.748. The summed E-state index contributed by atoms with van der Waals surface area (Å²) in [5.41, 5.74) is 1.33. The summed E-state index contributed by atoms with van der Waals surface area (Å²) in [5.74, 6) is 1.33. The first-order chi connectivity index (χ1) is 8.72. The molecule has 0 fully saturated rings. The maximum atomic E-state index is 10.7. The van der Waals surface area contributed by atoms with E-state index in [9.17, 15) is 4.79 Å². The highest BCUT2D eigenvalue weighted by atomic mass is 16.5. The molecule has 1 aromatic heterocycles. The highest BCUT2D eigenvalue weighted by Gasteiger charge is 2.07. The first kappa shape index (κ1) is 12.0. The fourth-order valence-corrected chi connectivity index (χ4v) is 1.40. The smallest absolute Gasteiger partial charge is 0.239 e. The zero-order valence-corrected chi connectivity index (χ0v) is 10.1. The third-order valence-electron chi connectivity index (χ3n) is 2.31. The predicted molar refractivity (Wildman–Crippen MR) is 65.2 cm³/mol. The summed E-state index contributed by atoms with van der Waals surface area (Å²) in [5, 5.41) is 7.79. The Morgan fingerprint density at radius 1 is 1.11 bits per heavy atom. The van der Waals surface area contributed by atoms with Gasteiger partial charge in [0.05, 0.1) is 12.8 Å². The minimum Gasteiger partial charge on any atom is -0.493 e. The van der Waals surface area contributed by atoms with Crippen molar-refractivity contribution < 1.29 is 14.3 Å². The Morgan fingerprint density at radius 2 is 1.94 bits per heavy atom. The van der Waals surface area contributed by atoms with Gasteiger partial charge in [-0.1, -0.05) is 0 Å². The molecule has 0 amide bonds. The standard InChI is InChI=1S/C13H12N2O3/c1-9-3-6-13(15-14-9)18-11-5-4-10(8-16)7-12(11)17-2/h3-8H,1-2H3. The number of carbonyl (C=O) groups excluding carboxylic acids is 1. The third-order valence-corrected chi connectivity index (χ3v) is 2.31. The average Bonchev–Trinajstić information content (AvgIpc) is 2.41. The van der Waals surface area contributed by atoms with Gasteiger partial charge < -0.3 is 9.47 Å². The number of aldehydes is 1. The predicted octanol–water partition coefficient (Wildman–Crippen LogP) is 2.40. The molecular weight excluding hydrogens is 232 g/mol. The number of hydrogen-bond acceptors (Lipinski definition) is 5. The molecule has 18 heavy (non-hydrogen) atoms. The quantitative estimate of drug-likeness (QED) is 0.773. The number of nitrogens with zero attached hydrogens (tertiary/aromatic N) is 2. The van der Waals surface area contributed by atoms with Gasteiger partial charge in [0.1, 0.15) is 6.29 Å². The van der Waals surface area contributed by atoms with E-state index in [2.05, 4.69) is 10.2 Å². The molecule has 0 aliphatic carbocycles. The first-order valence-corrected chi connectivity index (χ1v) is 5.34. The van der Waals surface area contributed by atoms with Gasteiger partial charge in [-0.05, 0) is 31.2 Å². The van der Waals surface area contributed by atoms with E-state index in [1.165, 1.54) is 7.11 Å². The van der Waals surface area contributed by atoms with E-state index in [-0.39, 0.29) is 0 Å². The van der Waals surface area contributed by atoms with Crippen LogP contribution in [0.4, 0.5) is 0 Å². The van der Waals surface area contributed by atoms with Crippen molar-refractivity contribution in [2.24, 2.45) is 0 Å². The zero-order valence-electron chi connectivity index (χ0n) is 10.1. The van der Waals surface area contributed by atoms with Crippen LogP contribution in [-0.4, -0.2) is 23.6 Å². The van der Waals surface area contributed by atoms with Crippen LogP contribution >= 0.6 is 0 Å². The van der Waals surface area contributed by atoms with Crippen LogP contribution in [0.5, 0.6) is 17.4 Å². The van der Waals surface area contributed by atoms with Gasteiger partial charge in [0.15, 0.2) is 11.5 Å². The van der Waals surface area contributed by atoms with Crippen LogP contribution in [-0.2, 0) is 0 Å². The summed E-state index contributed by atoms with van der Waals surface area (Å²) in [6.45, 7) is 1.84. The second kappa shape index (κ2) is 5.27. The van der Waals surface area contributed by atoms with Gasteiger partial charge in [-0.3, -0.25) is 4.79 Å². The Labute approximate surface area is 104 Å². The van der Waals surface area contributed by atoms with E-state index in [4.69, 9.17) is 9.47 Å². The van der Waals surface area contributed by atoms with Crippen molar-refractivity contribution in [2.45, 2.75) is 6.92 Å². The molecule has 1 heterocycles. The molecule has 0 aliphatic heterocycles. The molecule has 0 saturated carbocycles. The van der Waals surface area contributed by atoms with Crippen molar-refractivity contribution in [3.63, 3.8) is 0 Å². The van der Waals surface area contributed by atoms with E-state index >= 15 is 0 Å². The second-order valence-electron chi connectivity index (χ2n) is 3.64. The van der Waals surface area contributed by atoms with Crippen molar-refractivity contribution in [3.05, 3.63) is 41.6 Å². The molecule has 0 radical (unpaired) electrons. The number of hydrogen-bond donors (Lipinski definition) is 0. The van der Waals surface area contributed by atoms with Crippen LogP contribution in [0.1, 0.15) is 16.1 Å². The van der Waals surface area contributed by atoms with Crippen molar-refractivity contribution >= 4 is 6.29 Å². The number of rotatable bonds is 4. The minimum atomic E-state index is 0.373. The summed E-state index contributed by atoms with van der Waals surface area (Å²) < 4.78 is 10.7. The Hall–Kier alpha value is -2.43. The number of aryl methyl sites for hydroxylation is 1. The maximum absolute atomic E-state index is 10.7. The van der Waals surface area contributed by atoms with E-state index in [1.54, 1.807) is 30.3 Å². The minimum absolute atomic E-state index is 0.373. The highest BCUT2D eigenvalue weighted by Crippen LogP contribution is 2.30. The molecule has 0 aliphatic rings. The lowest BCUT2D eigenvalue weighted by Crippen LogP contribution is -1.95. The number of carbonyl (C=O) groups is 1. The lowest BCUT2D eigenvalue weighted by atomic mass is 10.2. The molecule has 5 nitrogen and oxygen atoms in total. The monoisotopic (exact) mass is 244 g/mol. The van der Waals surface area contributed by atoms with Gasteiger partial charge in [-0.15, -0.1) is 5.10 Å². The van der Waals surface area contributed by atoms with Gasteiger partial charge in [0, 0.05) is 11.6 Å². The van der Waals surface area contributed by atoms with Crippen LogP contribution in [0.2, 0.25) is 0 Å². The van der Waals surface area contributed by atoms with Crippen molar-refractivity contribution in [3.8, 4) is 17.4 Å². The number of methoxy groups -OCH3 is 1. The SMILES string of the molecule is COc1cc(C=O)ccc1Oc1ccc(C)nn1. The second-order valence-corrected chi connectivity index (χ2v) is 3.64. The summed E-state index contributed by atoms with van der Waals surface area (Å²) in [7, 11) is 1.51. The van der Waals surface area contributed by atoms with E-state index < -0.39 is 0 Å². The molecule has 2 rings (SSSR count). The first-order valence-electron chi connectivity index (χ1n) is 5.34. The lowest BCUT2D eigenvalue weighted by molar-refractivity contribution is 0.112. The summed E-state index contributed by atoms with van der Waals surface area (Å²) >= 11 is 0. The fourth-order valence-electron chi connectivity index (χ4n) is 1.40. The molecule has 1 aromatic carbocycles. The molecule has 2 aromatic rings. The van der Waals surface area contributed by atoms with E-state index in [0.717, 1.165) is 12.0 Å². The Morgan fingerprint density at radius 3 is 2.56 bits per heavy atom. The van der Waals surface area contributed by atoms with Crippen LogP contribution in [0.3, 0.4) is 0 Å². The Balaban J connectivity index is 2.28. The van der Waals surface area contributed by atoms with Gasteiger partial charge in [0.25, 0.3) is 0 Å². The Kier molecular flexibility index (Phi) is 3.52. The molecule has 0 N–H and O–H groups in total. The number of ether oxygens (including phenoxy) is 2. The van der Waals surface area contributed by atoms with Gasteiger partial charge in [-0.25, -0.2) is 0 Å². The van der Waals surface area contributed by atoms with Crippen molar-refractivity contribution in [1.29, 1.82) is 0 Å². The zero-order chi connectivity index (χ0) is 13.0. The molecule has 5 heteroatoms. The average molecular weight is 244 g/mol. The van der Waals surface area contributed by atoms with Crippen molar-refractivity contribution in [2.75, 3.05) is 7.11 Å². The van der Waals surface area contributed by atoms with Crippen molar-refractivity contribution in [1.82, 2.24) is 10.2 Å². The van der Waals surface area contributed by atoms with Crippen LogP contribution in [0.25, 0.3) is 0 Å². The van der Waals surface area contributed by atoms with Crippen LogP contribution in [0, 0.1) is 6.92 Å². The van der Waals surface area contributed by atoms with Gasteiger partial charge in [-0.2, -0.15) is 5.10 Å². The normalized spacial score (nSPS) is 9.89. The van der Waals surface area contributed by atoms with Gasteiger partial charge >= 0.3 is 0 Å². The molecule has 0 bridgehead atoms. The number of benzene rings is 1. The van der Waals surface area contributed by atoms with Gasteiger partial charge in [0.2, 0.25) is 5.88 Å². The van der Waals surface area contributed by atoms with E-state index in [0.29, 0.717) is 22.9 Å². The molecule has 0 saturated heterocycles. The topological polar surface area (TPSA) is 61.3 Å². The highest BCUT2D eigenvalue weighted by molar-refractivity contribution is 5.76. The molecule has 0 unspecified atom stereocenters. The third kappa shape index (κ3) is 2.63. The largest absolute Gasteiger partial charge is 0.493 e. The Bertz CT molecular complexity index is 553. The van der Waals surface area contributed by atoms with E-state index in [1.807, 2.05) is 6.92 Å². The summed E-state index contributed by atoms with van der Waals surface area (Å²) in [6, 6.07) is 8.42.